The Morgan fingerprint density at radius 1 is 1.11 bits per heavy atom. The average Bonchev–Trinajstić information content (AvgIpc) is 3.46. The first kappa shape index (κ1) is 23.8. The highest BCUT2D eigenvalue weighted by Gasteiger charge is 2.21. The van der Waals surface area contributed by atoms with Crippen LogP contribution in [0.3, 0.4) is 0 Å². The zero-order chi connectivity index (χ0) is 25.3. The summed E-state index contributed by atoms with van der Waals surface area (Å²) in [7, 11) is 0. The lowest BCUT2D eigenvalue weighted by atomic mass is 9.92. The normalized spacial score (nSPS) is 14.8. The number of carbonyl (C=O) groups is 1. The molecule has 188 valence electrons. The summed E-state index contributed by atoms with van der Waals surface area (Å²) in [5.41, 5.74) is 11.1. The van der Waals surface area contributed by atoms with Crippen LogP contribution in [-0.2, 0) is 16.7 Å². The minimum Gasteiger partial charge on any atom is -0.382 e. The number of urea groups is 1. The molecule has 3 aromatic heterocycles. The maximum Gasteiger partial charge on any atom is 0.326 e. The number of rotatable bonds is 5. The van der Waals surface area contributed by atoms with Gasteiger partial charge >= 0.3 is 6.03 Å². The highest BCUT2D eigenvalue weighted by Crippen LogP contribution is 2.32. The van der Waals surface area contributed by atoms with Gasteiger partial charge in [-0.15, -0.1) is 0 Å². The number of ether oxygens (including phenoxy) is 1. The van der Waals surface area contributed by atoms with E-state index in [-0.39, 0.29) is 11.3 Å². The van der Waals surface area contributed by atoms with Crippen molar-refractivity contribution in [3.63, 3.8) is 0 Å². The van der Waals surface area contributed by atoms with Crippen molar-refractivity contribution < 1.29 is 14.1 Å². The molecule has 0 spiro atoms. The summed E-state index contributed by atoms with van der Waals surface area (Å²) in [6.45, 7) is 10.0. The van der Waals surface area contributed by atoms with Crippen LogP contribution in [0.15, 0.2) is 47.2 Å². The number of benzene rings is 1. The molecule has 4 aromatic rings. The SMILES string of the molecule is CC(C)(C)c1cc(NC(=O)Nc2ccc(-c3cc(CN4CCOCC4)n4ncnc(N)c34)cc2)on1. The fraction of sp³-hybridized carbons (Fsp3) is 0.360. The second-order valence-corrected chi connectivity index (χ2v) is 9.83. The third kappa shape index (κ3) is 5.02. The van der Waals surface area contributed by atoms with E-state index in [4.69, 9.17) is 15.0 Å². The number of nitrogens with two attached hydrogens (primary N) is 1. The van der Waals surface area contributed by atoms with Crippen LogP contribution in [0.5, 0.6) is 0 Å². The van der Waals surface area contributed by atoms with Crippen LogP contribution in [0.4, 0.5) is 22.2 Å². The predicted molar refractivity (Wildman–Crippen MR) is 137 cm³/mol. The molecule has 5 rings (SSSR count). The predicted octanol–water partition coefficient (Wildman–Crippen LogP) is 3.74. The molecule has 0 bridgehead atoms. The molecule has 0 atom stereocenters. The van der Waals surface area contributed by atoms with Gasteiger partial charge in [0.05, 0.1) is 24.6 Å². The van der Waals surface area contributed by atoms with Gasteiger partial charge in [0.1, 0.15) is 11.8 Å². The van der Waals surface area contributed by atoms with Gasteiger partial charge in [-0.3, -0.25) is 10.2 Å². The molecule has 11 nitrogen and oxygen atoms in total. The number of hydrogen-bond donors (Lipinski definition) is 3. The summed E-state index contributed by atoms with van der Waals surface area (Å²) in [5, 5.41) is 14.0. The molecule has 2 amide bonds. The lowest BCUT2D eigenvalue weighted by molar-refractivity contribution is 0.0334. The fourth-order valence-electron chi connectivity index (χ4n) is 4.15. The molecular weight excluding hydrogens is 460 g/mol. The largest absolute Gasteiger partial charge is 0.382 e. The second-order valence-electron chi connectivity index (χ2n) is 9.83. The minimum absolute atomic E-state index is 0.171. The van der Waals surface area contributed by atoms with Crippen molar-refractivity contribution in [2.75, 3.05) is 42.7 Å². The number of nitrogen functional groups attached to an aromatic ring is 1. The second kappa shape index (κ2) is 9.59. The lowest BCUT2D eigenvalue weighted by Gasteiger charge is -2.26. The van der Waals surface area contributed by atoms with Gasteiger partial charge in [-0.2, -0.15) is 5.10 Å². The maximum absolute atomic E-state index is 12.4. The third-order valence-corrected chi connectivity index (χ3v) is 6.11. The van der Waals surface area contributed by atoms with E-state index in [1.54, 1.807) is 6.07 Å². The summed E-state index contributed by atoms with van der Waals surface area (Å²) < 4.78 is 12.6. The van der Waals surface area contributed by atoms with Crippen molar-refractivity contribution in [1.29, 1.82) is 0 Å². The van der Waals surface area contributed by atoms with Crippen LogP contribution in [0, 0.1) is 0 Å². The summed E-state index contributed by atoms with van der Waals surface area (Å²) in [6.07, 6.45) is 1.47. The van der Waals surface area contributed by atoms with Crippen LogP contribution in [0.25, 0.3) is 16.6 Å². The number of nitrogens with one attached hydrogen (secondary N) is 2. The monoisotopic (exact) mass is 490 g/mol. The van der Waals surface area contributed by atoms with Gasteiger partial charge in [-0.1, -0.05) is 38.1 Å². The summed E-state index contributed by atoms with van der Waals surface area (Å²) in [5.74, 6) is 0.703. The lowest BCUT2D eigenvalue weighted by Crippen LogP contribution is -2.36. The van der Waals surface area contributed by atoms with Crippen LogP contribution in [0.1, 0.15) is 32.2 Å². The quantitative estimate of drug-likeness (QED) is 0.385. The van der Waals surface area contributed by atoms with Crippen LogP contribution < -0.4 is 16.4 Å². The van der Waals surface area contributed by atoms with Crippen molar-refractivity contribution >= 4 is 28.9 Å². The van der Waals surface area contributed by atoms with E-state index in [2.05, 4.69) is 36.8 Å². The molecule has 1 aliphatic heterocycles. The first-order valence-electron chi connectivity index (χ1n) is 11.8. The molecular formula is C25H30N8O3. The van der Waals surface area contributed by atoms with Gasteiger partial charge < -0.3 is 20.3 Å². The van der Waals surface area contributed by atoms with E-state index in [9.17, 15) is 4.79 Å². The van der Waals surface area contributed by atoms with E-state index in [0.29, 0.717) is 11.5 Å². The smallest absolute Gasteiger partial charge is 0.326 e. The number of aromatic nitrogens is 4. The Kier molecular flexibility index (Phi) is 6.33. The first-order valence-corrected chi connectivity index (χ1v) is 11.8. The molecule has 4 N–H and O–H groups in total. The first-order chi connectivity index (χ1) is 17.3. The van der Waals surface area contributed by atoms with Crippen molar-refractivity contribution in [2.45, 2.75) is 32.7 Å². The van der Waals surface area contributed by atoms with Gasteiger partial charge in [-0.05, 0) is 23.8 Å². The molecule has 0 radical (unpaired) electrons. The number of anilines is 3. The number of hydrogen-bond acceptors (Lipinski definition) is 8. The topological polar surface area (TPSA) is 136 Å². The number of amides is 2. The van der Waals surface area contributed by atoms with Gasteiger partial charge in [0, 0.05) is 42.4 Å². The molecule has 1 fully saturated rings. The van der Waals surface area contributed by atoms with Crippen LogP contribution >= 0.6 is 0 Å². The van der Waals surface area contributed by atoms with E-state index in [0.717, 1.165) is 60.9 Å². The van der Waals surface area contributed by atoms with Gasteiger partial charge in [0.2, 0.25) is 5.88 Å². The van der Waals surface area contributed by atoms with Crippen molar-refractivity contribution in [1.82, 2.24) is 24.7 Å². The highest BCUT2D eigenvalue weighted by molar-refractivity contribution is 5.99. The van der Waals surface area contributed by atoms with E-state index in [1.807, 2.05) is 49.6 Å². The number of morpholine rings is 1. The molecule has 1 aromatic carbocycles. The Balaban J connectivity index is 1.33. The van der Waals surface area contributed by atoms with Crippen LogP contribution in [-0.4, -0.2) is 57.0 Å². The van der Waals surface area contributed by atoms with Crippen molar-refractivity contribution in [3.05, 3.63) is 54.1 Å². The summed E-state index contributed by atoms with van der Waals surface area (Å²) in [4.78, 5) is 19.0. The summed E-state index contributed by atoms with van der Waals surface area (Å²) >= 11 is 0. The van der Waals surface area contributed by atoms with E-state index in [1.165, 1.54) is 6.33 Å². The zero-order valence-corrected chi connectivity index (χ0v) is 20.6. The fourth-order valence-corrected chi connectivity index (χ4v) is 4.15. The zero-order valence-electron chi connectivity index (χ0n) is 20.6. The maximum atomic E-state index is 12.4. The van der Waals surface area contributed by atoms with Gasteiger partial charge in [0.25, 0.3) is 0 Å². The van der Waals surface area contributed by atoms with Crippen molar-refractivity contribution in [3.8, 4) is 11.1 Å². The molecule has 1 saturated heterocycles. The minimum atomic E-state index is -0.417. The number of fused-ring (bicyclic) bond motifs is 1. The standard InChI is InChI=1S/C25H30N8O3/c1-25(2,3)20-13-21(36-31-20)30-24(34)29-17-6-4-16(5-7-17)19-12-18(14-32-8-10-35-11-9-32)33-22(19)23(26)27-15-28-33/h4-7,12-13,15H,8-11,14H2,1-3H3,(H2,26,27,28)(H2,29,30,34). The molecule has 0 unspecified atom stereocenters. The summed E-state index contributed by atoms with van der Waals surface area (Å²) in [6, 6.07) is 10.9. The van der Waals surface area contributed by atoms with E-state index >= 15 is 0 Å². The Bertz CT molecular complexity index is 1360. The Morgan fingerprint density at radius 3 is 2.56 bits per heavy atom. The number of nitrogens with zero attached hydrogens (tertiary/aromatic N) is 5. The van der Waals surface area contributed by atoms with Crippen molar-refractivity contribution in [2.24, 2.45) is 0 Å². The highest BCUT2D eigenvalue weighted by atomic mass is 16.5. The Morgan fingerprint density at radius 2 is 1.86 bits per heavy atom. The Hall–Kier alpha value is -3.96. The molecule has 4 heterocycles. The number of carbonyl (C=O) groups excluding carboxylic acids is 1. The molecule has 0 saturated carbocycles. The third-order valence-electron chi connectivity index (χ3n) is 6.11. The average molecular weight is 491 g/mol. The molecule has 36 heavy (non-hydrogen) atoms. The molecule has 1 aliphatic rings. The molecule has 11 heteroatoms. The molecule has 0 aliphatic carbocycles. The van der Waals surface area contributed by atoms with E-state index < -0.39 is 6.03 Å². The van der Waals surface area contributed by atoms with Gasteiger partial charge in [0.15, 0.2) is 5.82 Å². The van der Waals surface area contributed by atoms with Crippen LogP contribution in [0.2, 0.25) is 0 Å². The van der Waals surface area contributed by atoms with Gasteiger partial charge in [-0.25, -0.2) is 14.3 Å². The Labute approximate surface area is 208 Å².